The molecule has 6 heteroatoms. The lowest BCUT2D eigenvalue weighted by Gasteiger charge is -2.33. The van der Waals surface area contributed by atoms with E-state index in [9.17, 15) is 24.8 Å². The number of non-ortho nitro benzene ring substituents is 1. The van der Waals surface area contributed by atoms with Crippen molar-refractivity contribution in [3.8, 4) is 11.1 Å². The summed E-state index contributed by atoms with van der Waals surface area (Å²) < 4.78 is 0. The summed E-state index contributed by atoms with van der Waals surface area (Å²) in [6.45, 7) is 1.27. The van der Waals surface area contributed by atoms with Gasteiger partial charge in [0.05, 0.1) is 4.92 Å². The predicted molar refractivity (Wildman–Crippen MR) is 82.1 cm³/mol. The molecule has 2 aromatic rings. The van der Waals surface area contributed by atoms with Crippen LogP contribution in [0.1, 0.15) is 29.3 Å². The average molecular weight is 311 g/mol. The van der Waals surface area contributed by atoms with Crippen molar-refractivity contribution in [3.63, 3.8) is 0 Å². The Bertz CT molecular complexity index is 858. The summed E-state index contributed by atoms with van der Waals surface area (Å²) in [4.78, 5) is 34.7. The lowest BCUT2D eigenvalue weighted by atomic mass is 9.72. The van der Waals surface area contributed by atoms with Crippen LogP contribution in [0.25, 0.3) is 11.1 Å². The highest BCUT2D eigenvalue weighted by Crippen LogP contribution is 2.44. The van der Waals surface area contributed by atoms with E-state index >= 15 is 0 Å². The zero-order valence-corrected chi connectivity index (χ0v) is 12.3. The van der Waals surface area contributed by atoms with Gasteiger partial charge in [-0.25, -0.2) is 0 Å². The Labute approximate surface area is 131 Å². The molecule has 0 heterocycles. The van der Waals surface area contributed by atoms with Gasteiger partial charge in [-0.05, 0) is 24.1 Å². The molecule has 0 spiro atoms. The van der Waals surface area contributed by atoms with Crippen LogP contribution in [0.3, 0.4) is 0 Å². The Morgan fingerprint density at radius 3 is 2.43 bits per heavy atom. The summed E-state index contributed by atoms with van der Waals surface area (Å²) in [5, 5.41) is 21.9. The van der Waals surface area contributed by atoms with E-state index in [0.717, 1.165) is 0 Å². The van der Waals surface area contributed by atoms with Crippen LogP contribution >= 0.6 is 0 Å². The number of rotatable bonds is 3. The molecule has 0 fully saturated rings. The normalized spacial score (nSPS) is 19.0. The molecule has 3 rings (SSSR count). The molecule has 1 aliphatic rings. The molecule has 0 aliphatic heterocycles. The summed E-state index contributed by atoms with van der Waals surface area (Å²) in [7, 11) is 0. The first-order valence-corrected chi connectivity index (χ1v) is 6.99. The molecule has 23 heavy (non-hydrogen) atoms. The van der Waals surface area contributed by atoms with Gasteiger partial charge in [-0.3, -0.25) is 19.7 Å². The van der Waals surface area contributed by atoms with E-state index < -0.39 is 22.7 Å². The first kappa shape index (κ1) is 15.1. The van der Waals surface area contributed by atoms with Gasteiger partial charge in [-0.2, -0.15) is 0 Å². The van der Waals surface area contributed by atoms with Gasteiger partial charge >= 0.3 is 0 Å². The van der Waals surface area contributed by atoms with Crippen molar-refractivity contribution >= 4 is 17.3 Å². The molecular weight excluding hydrogens is 298 g/mol. The van der Waals surface area contributed by atoms with Gasteiger partial charge in [-0.15, -0.1) is 0 Å². The number of nitro groups is 1. The number of hydrogen-bond donors (Lipinski definition) is 1. The van der Waals surface area contributed by atoms with Crippen molar-refractivity contribution in [3.05, 3.63) is 63.7 Å². The smallest absolute Gasteiger partial charge is 0.269 e. The van der Waals surface area contributed by atoms with Crippen LogP contribution in [-0.4, -0.2) is 21.6 Å². The van der Waals surface area contributed by atoms with Crippen LogP contribution in [0, 0.1) is 10.1 Å². The van der Waals surface area contributed by atoms with Gasteiger partial charge in [0.15, 0.2) is 11.4 Å². The van der Waals surface area contributed by atoms with Crippen molar-refractivity contribution in [2.45, 2.75) is 18.9 Å². The maximum Gasteiger partial charge on any atom is 0.269 e. The molecule has 0 saturated heterocycles. The summed E-state index contributed by atoms with van der Waals surface area (Å²) in [5.41, 5.74) is -0.798. The third-order valence-corrected chi connectivity index (χ3v) is 4.00. The fourth-order valence-electron chi connectivity index (χ4n) is 3.02. The average Bonchev–Trinajstić information content (AvgIpc) is 2.52. The molecule has 2 aromatic carbocycles. The monoisotopic (exact) mass is 311 g/mol. The molecule has 0 radical (unpaired) electrons. The van der Waals surface area contributed by atoms with E-state index in [1.807, 2.05) is 0 Å². The van der Waals surface area contributed by atoms with E-state index in [1.54, 1.807) is 24.3 Å². The number of carbonyl (C=O) groups is 2. The van der Waals surface area contributed by atoms with Gasteiger partial charge in [0, 0.05) is 29.7 Å². The molecule has 116 valence electrons. The first-order chi connectivity index (χ1) is 10.8. The minimum atomic E-state index is -2.08. The van der Waals surface area contributed by atoms with Crippen LogP contribution in [0.5, 0.6) is 0 Å². The number of hydrogen-bond acceptors (Lipinski definition) is 5. The van der Waals surface area contributed by atoms with E-state index in [1.165, 1.54) is 25.1 Å². The van der Waals surface area contributed by atoms with Gasteiger partial charge in [0.25, 0.3) is 5.69 Å². The second-order valence-corrected chi connectivity index (χ2v) is 5.60. The number of Topliss-reactive ketones (excluding diaryl/α,β-unsaturated/α-hetero) is 2. The molecule has 6 nitrogen and oxygen atoms in total. The standard InChI is InChI=1S/C17H13NO5/c1-10(19)9-17(21)15-8-11(18(22)23)6-7-13(15)12-4-2-3-5-14(12)16(17)20/h2-8,21H,9H2,1H3. The SMILES string of the molecule is CC(=O)CC1(O)C(=O)c2ccccc2-c2ccc([N+](=O)[O-])cc21. The number of aliphatic hydroxyl groups is 1. The quantitative estimate of drug-likeness (QED) is 0.694. The predicted octanol–water partition coefficient (Wildman–Crippen LogP) is 2.62. The van der Waals surface area contributed by atoms with Crippen molar-refractivity contribution in [2.24, 2.45) is 0 Å². The Morgan fingerprint density at radius 2 is 1.83 bits per heavy atom. The molecule has 0 bridgehead atoms. The third-order valence-electron chi connectivity index (χ3n) is 4.00. The molecule has 1 atom stereocenters. The van der Waals surface area contributed by atoms with Crippen molar-refractivity contribution in [2.75, 3.05) is 0 Å². The van der Waals surface area contributed by atoms with Crippen LogP contribution in [0.4, 0.5) is 5.69 Å². The molecule has 0 aromatic heterocycles. The van der Waals surface area contributed by atoms with Gasteiger partial charge in [0.1, 0.15) is 5.78 Å². The Kier molecular flexibility index (Phi) is 3.34. The van der Waals surface area contributed by atoms with Crippen LogP contribution in [0.15, 0.2) is 42.5 Å². The Morgan fingerprint density at radius 1 is 1.17 bits per heavy atom. The lowest BCUT2D eigenvalue weighted by molar-refractivity contribution is -0.385. The molecule has 0 saturated carbocycles. The van der Waals surface area contributed by atoms with Crippen molar-refractivity contribution in [1.82, 2.24) is 0 Å². The minimum absolute atomic E-state index is 0.102. The Balaban J connectivity index is 2.34. The van der Waals surface area contributed by atoms with Crippen molar-refractivity contribution in [1.29, 1.82) is 0 Å². The van der Waals surface area contributed by atoms with Gasteiger partial charge in [0.2, 0.25) is 0 Å². The second-order valence-electron chi connectivity index (χ2n) is 5.60. The van der Waals surface area contributed by atoms with Gasteiger partial charge < -0.3 is 5.11 Å². The first-order valence-electron chi connectivity index (χ1n) is 6.99. The minimum Gasteiger partial charge on any atom is -0.376 e. The van der Waals surface area contributed by atoms with Gasteiger partial charge in [-0.1, -0.05) is 24.3 Å². The highest BCUT2D eigenvalue weighted by Gasteiger charge is 2.46. The molecule has 1 unspecified atom stereocenters. The number of nitro benzene ring substituents is 1. The fraction of sp³-hybridized carbons (Fsp3) is 0.176. The zero-order chi connectivity index (χ0) is 16.8. The summed E-state index contributed by atoms with van der Waals surface area (Å²) in [6.07, 6.45) is -0.422. The van der Waals surface area contributed by atoms with Crippen molar-refractivity contribution < 1.29 is 19.6 Å². The topological polar surface area (TPSA) is 97.5 Å². The number of benzene rings is 2. The largest absolute Gasteiger partial charge is 0.376 e. The number of nitrogens with zero attached hydrogens (tertiary/aromatic N) is 1. The van der Waals surface area contributed by atoms with E-state index in [2.05, 4.69) is 0 Å². The summed E-state index contributed by atoms with van der Waals surface area (Å²) in [5.74, 6) is -0.992. The number of fused-ring (bicyclic) bond motifs is 3. The van der Waals surface area contributed by atoms with Crippen LogP contribution in [0.2, 0.25) is 0 Å². The maximum atomic E-state index is 12.7. The van der Waals surface area contributed by atoms with E-state index in [0.29, 0.717) is 16.7 Å². The number of ketones is 2. The molecule has 1 N–H and O–H groups in total. The fourth-order valence-corrected chi connectivity index (χ4v) is 3.02. The Hall–Kier alpha value is -2.86. The lowest BCUT2D eigenvalue weighted by Crippen LogP contribution is -2.40. The highest BCUT2D eigenvalue weighted by atomic mass is 16.6. The number of carbonyl (C=O) groups excluding carboxylic acids is 2. The third kappa shape index (κ3) is 2.24. The molecule has 1 aliphatic carbocycles. The van der Waals surface area contributed by atoms with Crippen LogP contribution in [-0.2, 0) is 10.4 Å². The summed E-state index contributed by atoms with van der Waals surface area (Å²) >= 11 is 0. The summed E-state index contributed by atoms with van der Waals surface area (Å²) in [6, 6.07) is 10.7. The van der Waals surface area contributed by atoms with Crippen LogP contribution < -0.4 is 0 Å². The molecule has 0 amide bonds. The molecular formula is C17H13NO5. The maximum absolute atomic E-state index is 12.7. The second kappa shape index (κ2) is 5.10. The highest BCUT2D eigenvalue weighted by molar-refractivity contribution is 6.13. The zero-order valence-electron chi connectivity index (χ0n) is 12.3. The van der Waals surface area contributed by atoms with E-state index in [-0.39, 0.29) is 17.0 Å². The van der Waals surface area contributed by atoms with E-state index in [4.69, 9.17) is 0 Å².